The molecule has 1 aromatic carbocycles. The fourth-order valence-electron chi connectivity index (χ4n) is 1.56. The molecule has 15 heavy (non-hydrogen) atoms. The fraction of sp³-hybridized carbons (Fsp3) is 0.364. The van der Waals surface area contributed by atoms with Crippen LogP contribution < -0.4 is 0 Å². The molecule has 1 saturated heterocycles. The Kier molecular flexibility index (Phi) is 3.07. The van der Waals surface area contributed by atoms with E-state index in [1.165, 1.54) is 0 Å². The monoisotopic (exact) mass is 269 g/mol. The summed E-state index contributed by atoms with van der Waals surface area (Å²) in [6, 6.07) is 7.44. The second-order valence-electron chi connectivity index (χ2n) is 3.58. The van der Waals surface area contributed by atoms with Crippen LogP contribution in [0.4, 0.5) is 0 Å². The number of amides is 1. The average Bonchev–Trinajstić information content (AvgIpc) is 2.16. The smallest absolute Gasteiger partial charge is 0.254 e. The maximum Gasteiger partial charge on any atom is 0.254 e. The molecule has 0 aromatic heterocycles. The average molecular weight is 270 g/mol. The van der Waals surface area contributed by atoms with E-state index in [-0.39, 0.29) is 12.0 Å². The van der Waals surface area contributed by atoms with E-state index in [0.717, 1.165) is 10.0 Å². The van der Waals surface area contributed by atoms with Crippen LogP contribution in [-0.4, -0.2) is 37.1 Å². The minimum Gasteiger partial charge on any atom is -0.378 e. The van der Waals surface area contributed by atoms with Gasteiger partial charge in [-0.2, -0.15) is 0 Å². The van der Waals surface area contributed by atoms with Crippen LogP contribution in [0.25, 0.3) is 0 Å². The summed E-state index contributed by atoms with van der Waals surface area (Å²) in [5.74, 6) is 0.0737. The fourth-order valence-corrected chi connectivity index (χ4v) is 1.96. The number of hydrogen-bond donors (Lipinski definition) is 0. The van der Waals surface area contributed by atoms with Crippen molar-refractivity contribution in [3.8, 4) is 0 Å². The van der Waals surface area contributed by atoms with Crippen molar-refractivity contribution in [3.63, 3.8) is 0 Å². The molecule has 0 unspecified atom stereocenters. The molecule has 1 aromatic rings. The number of carbonyl (C=O) groups excluding carboxylic acids is 1. The topological polar surface area (TPSA) is 29.5 Å². The molecule has 0 radical (unpaired) electrons. The molecule has 4 heteroatoms. The van der Waals surface area contributed by atoms with E-state index in [1.807, 2.05) is 24.3 Å². The molecule has 3 nitrogen and oxygen atoms in total. The van der Waals surface area contributed by atoms with E-state index in [4.69, 9.17) is 4.74 Å². The molecular weight excluding hydrogens is 258 g/mol. The summed E-state index contributed by atoms with van der Waals surface area (Å²) in [4.78, 5) is 13.7. The number of hydrogen-bond acceptors (Lipinski definition) is 2. The predicted molar refractivity (Wildman–Crippen MR) is 60.8 cm³/mol. The molecule has 0 atom stereocenters. The zero-order chi connectivity index (χ0) is 10.8. The summed E-state index contributed by atoms with van der Waals surface area (Å²) in [7, 11) is 1.67. The Bertz CT molecular complexity index is 375. The summed E-state index contributed by atoms with van der Waals surface area (Å²) in [5.41, 5.74) is 0.721. The van der Waals surface area contributed by atoms with E-state index in [9.17, 15) is 4.79 Å². The standard InChI is InChI=1S/C11H12BrNO2/c1-15-10-6-13(7-10)11(14)8-3-2-4-9(12)5-8/h2-5,10H,6-7H2,1H3. The van der Waals surface area contributed by atoms with Crippen molar-refractivity contribution in [2.24, 2.45) is 0 Å². The number of likely N-dealkylation sites (tertiary alicyclic amines) is 1. The number of benzene rings is 1. The highest BCUT2D eigenvalue weighted by Gasteiger charge is 2.30. The van der Waals surface area contributed by atoms with Crippen LogP contribution in [0.15, 0.2) is 28.7 Å². The zero-order valence-corrected chi connectivity index (χ0v) is 10.0. The molecule has 0 saturated carbocycles. The lowest BCUT2D eigenvalue weighted by Gasteiger charge is -2.38. The first kappa shape index (κ1) is 10.6. The van der Waals surface area contributed by atoms with Gasteiger partial charge in [0.15, 0.2) is 0 Å². The SMILES string of the molecule is COC1CN(C(=O)c2cccc(Br)c2)C1. The predicted octanol–water partition coefficient (Wildman–Crippen LogP) is 1.92. The van der Waals surface area contributed by atoms with Gasteiger partial charge in [-0.1, -0.05) is 22.0 Å². The van der Waals surface area contributed by atoms with E-state index >= 15 is 0 Å². The maximum atomic E-state index is 11.9. The van der Waals surface area contributed by atoms with Crippen LogP contribution in [-0.2, 0) is 4.74 Å². The Morgan fingerprint density at radius 1 is 1.53 bits per heavy atom. The van der Waals surface area contributed by atoms with Crippen molar-refractivity contribution in [3.05, 3.63) is 34.3 Å². The molecule has 2 rings (SSSR count). The van der Waals surface area contributed by atoms with Crippen LogP contribution in [0, 0.1) is 0 Å². The number of ether oxygens (including phenoxy) is 1. The van der Waals surface area contributed by atoms with Crippen LogP contribution in [0.2, 0.25) is 0 Å². The molecule has 0 bridgehead atoms. The van der Waals surface area contributed by atoms with Crippen molar-refractivity contribution in [1.29, 1.82) is 0 Å². The van der Waals surface area contributed by atoms with Gasteiger partial charge >= 0.3 is 0 Å². The first-order valence-corrected chi connectivity index (χ1v) is 5.57. The van der Waals surface area contributed by atoms with Gasteiger partial charge in [0.05, 0.1) is 6.10 Å². The molecule has 1 heterocycles. The Labute approximate surface area is 97.2 Å². The molecule has 1 amide bonds. The lowest BCUT2D eigenvalue weighted by molar-refractivity contribution is -0.0191. The highest BCUT2D eigenvalue weighted by atomic mass is 79.9. The minimum absolute atomic E-state index is 0.0737. The zero-order valence-electron chi connectivity index (χ0n) is 8.44. The number of nitrogens with zero attached hydrogens (tertiary/aromatic N) is 1. The van der Waals surface area contributed by atoms with Crippen molar-refractivity contribution in [1.82, 2.24) is 4.90 Å². The van der Waals surface area contributed by atoms with Crippen molar-refractivity contribution < 1.29 is 9.53 Å². The van der Waals surface area contributed by atoms with Gasteiger partial charge in [0.25, 0.3) is 5.91 Å². The highest BCUT2D eigenvalue weighted by Crippen LogP contribution is 2.18. The van der Waals surface area contributed by atoms with E-state index in [2.05, 4.69) is 15.9 Å². The molecular formula is C11H12BrNO2. The Balaban J connectivity index is 2.03. The second kappa shape index (κ2) is 4.33. The quantitative estimate of drug-likeness (QED) is 0.821. The van der Waals surface area contributed by atoms with Crippen LogP contribution >= 0.6 is 15.9 Å². The summed E-state index contributed by atoms with van der Waals surface area (Å²) in [5, 5.41) is 0. The van der Waals surface area contributed by atoms with Crippen molar-refractivity contribution in [2.75, 3.05) is 20.2 Å². The van der Waals surface area contributed by atoms with E-state index < -0.39 is 0 Å². The Morgan fingerprint density at radius 2 is 2.27 bits per heavy atom. The lowest BCUT2D eigenvalue weighted by atomic mass is 10.1. The van der Waals surface area contributed by atoms with Gasteiger partial charge in [-0.3, -0.25) is 4.79 Å². The third-order valence-corrected chi connectivity index (χ3v) is 3.03. The third-order valence-electron chi connectivity index (χ3n) is 2.54. The number of halogens is 1. The van der Waals surface area contributed by atoms with Gasteiger partial charge < -0.3 is 9.64 Å². The molecule has 80 valence electrons. The summed E-state index contributed by atoms with van der Waals surface area (Å²) in [6.45, 7) is 1.39. The molecule has 1 fully saturated rings. The first-order valence-electron chi connectivity index (χ1n) is 4.78. The summed E-state index contributed by atoms with van der Waals surface area (Å²) >= 11 is 3.35. The van der Waals surface area contributed by atoms with E-state index in [1.54, 1.807) is 12.0 Å². The number of rotatable bonds is 2. The van der Waals surface area contributed by atoms with Gasteiger partial charge in [0.1, 0.15) is 0 Å². The maximum absolute atomic E-state index is 11.9. The molecule has 1 aliphatic heterocycles. The summed E-state index contributed by atoms with van der Waals surface area (Å²) < 4.78 is 6.05. The Morgan fingerprint density at radius 3 is 2.87 bits per heavy atom. The molecule has 0 aliphatic carbocycles. The highest BCUT2D eigenvalue weighted by molar-refractivity contribution is 9.10. The van der Waals surface area contributed by atoms with E-state index in [0.29, 0.717) is 13.1 Å². The van der Waals surface area contributed by atoms with Gasteiger partial charge in [-0.05, 0) is 18.2 Å². The van der Waals surface area contributed by atoms with Crippen molar-refractivity contribution >= 4 is 21.8 Å². The minimum atomic E-state index is 0.0737. The molecule has 0 spiro atoms. The van der Waals surface area contributed by atoms with Gasteiger partial charge in [0, 0.05) is 30.2 Å². The Hall–Kier alpha value is -0.870. The number of methoxy groups -OCH3 is 1. The normalized spacial score (nSPS) is 16.3. The molecule has 0 N–H and O–H groups in total. The van der Waals surface area contributed by atoms with Crippen LogP contribution in [0.5, 0.6) is 0 Å². The van der Waals surface area contributed by atoms with Gasteiger partial charge in [0.2, 0.25) is 0 Å². The second-order valence-corrected chi connectivity index (χ2v) is 4.49. The third kappa shape index (κ3) is 2.21. The molecule has 1 aliphatic rings. The van der Waals surface area contributed by atoms with Crippen LogP contribution in [0.3, 0.4) is 0 Å². The largest absolute Gasteiger partial charge is 0.378 e. The first-order chi connectivity index (χ1) is 7.20. The van der Waals surface area contributed by atoms with Gasteiger partial charge in [-0.25, -0.2) is 0 Å². The van der Waals surface area contributed by atoms with Gasteiger partial charge in [-0.15, -0.1) is 0 Å². The number of carbonyl (C=O) groups is 1. The lowest BCUT2D eigenvalue weighted by Crippen LogP contribution is -2.54. The van der Waals surface area contributed by atoms with Crippen molar-refractivity contribution in [2.45, 2.75) is 6.10 Å². The summed E-state index contributed by atoms with van der Waals surface area (Å²) in [6.07, 6.45) is 0.209. The van der Waals surface area contributed by atoms with Crippen LogP contribution in [0.1, 0.15) is 10.4 Å².